The monoisotopic (exact) mass is 406 g/mol. The minimum atomic E-state index is -0.991. The zero-order valence-electron chi connectivity index (χ0n) is 16.9. The van der Waals surface area contributed by atoms with E-state index in [0.717, 1.165) is 5.56 Å². The van der Waals surface area contributed by atoms with E-state index < -0.39 is 11.9 Å². The van der Waals surface area contributed by atoms with Crippen molar-refractivity contribution in [1.82, 2.24) is 0 Å². The van der Waals surface area contributed by atoms with Crippen molar-refractivity contribution in [2.75, 3.05) is 0 Å². The van der Waals surface area contributed by atoms with Crippen LogP contribution in [0.4, 0.5) is 0 Å². The highest BCUT2D eigenvalue weighted by molar-refractivity contribution is 5.88. The fourth-order valence-corrected chi connectivity index (χ4v) is 2.84. The fraction of sp³-hybridized carbons (Fsp3) is 0.167. The second-order valence-corrected chi connectivity index (χ2v) is 7.77. The molecule has 0 unspecified atom stereocenters. The molecule has 0 heterocycles. The van der Waals surface area contributed by atoms with Crippen LogP contribution in [-0.2, 0) is 5.41 Å². The lowest BCUT2D eigenvalue weighted by atomic mass is 9.86. The zero-order chi connectivity index (χ0) is 21.9. The Morgan fingerprint density at radius 3 is 1.53 bits per heavy atom. The molecule has 0 aliphatic carbocycles. The Labute approximate surface area is 174 Å². The summed E-state index contributed by atoms with van der Waals surface area (Å²) < 4.78 is 11.9. The Balaban J connectivity index is 1.86. The zero-order valence-corrected chi connectivity index (χ0v) is 16.9. The van der Waals surface area contributed by atoms with Crippen molar-refractivity contribution in [1.29, 1.82) is 0 Å². The SMILES string of the molecule is CC(C)(C)c1cc(Oc2ccc(C(=O)O)cc2)ccc1Oc1ccc(C(=O)O)cc1. The molecule has 30 heavy (non-hydrogen) atoms. The van der Waals surface area contributed by atoms with Crippen molar-refractivity contribution in [3.63, 3.8) is 0 Å². The lowest BCUT2D eigenvalue weighted by molar-refractivity contribution is 0.0686. The third-order valence-electron chi connectivity index (χ3n) is 4.43. The highest BCUT2D eigenvalue weighted by Gasteiger charge is 2.21. The molecule has 0 spiro atoms. The van der Waals surface area contributed by atoms with Crippen LogP contribution in [0.3, 0.4) is 0 Å². The van der Waals surface area contributed by atoms with E-state index in [2.05, 4.69) is 0 Å². The van der Waals surface area contributed by atoms with E-state index in [9.17, 15) is 9.59 Å². The minimum absolute atomic E-state index is 0.190. The molecule has 154 valence electrons. The number of carbonyl (C=O) groups is 2. The number of rotatable bonds is 6. The van der Waals surface area contributed by atoms with Gasteiger partial charge in [0.1, 0.15) is 23.0 Å². The molecule has 3 rings (SSSR count). The standard InChI is InChI=1S/C24H22O6/c1-24(2,3)20-14-19(29-17-8-4-15(5-9-17)22(25)26)12-13-21(20)30-18-10-6-16(7-11-18)23(27)28/h4-14H,1-3H3,(H,25,26)(H,27,28). The molecule has 0 radical (unpaired) electrons. The lowest BCUT2D eigenvalue weighted by Gasteiger charge is -2.23. The number of hydrogen-bond donors (Lipinski definition) is 2. The smallest absolute Gasteiger partial charge is 0.335 e. The van der Waals surface area contributed by atoms with Crippen LogP contribution in [-0.4, -0.2) is 22.2 Å². The summed E-state index contributed by atoms with van der Waals surface area (Å²) >= 11 is 0. The number of hydrogen-bond acceptors (Lipinski definition) is 4. The Hall–Kier alpha value is -3.80. The van der Waals surface area contributed by atoms with Crippen LogP contribution in [0.25, 0.3) is 0 Å². The van der Waals surface area contributed by atoms with E-state index in [1.54, 1.807) is 36.4 Å². The maximum Gasteiger partial charge on any atom is 0.335 e. The van der Waals surface area contributed by atoms with Crippen molar-refractivity contribution in [3.05, 3.63) is 83.4 Å². The molecule has 3 aromatic carbocycles. The van der Waals surface area contributed by atoms with Gasteiger partial charge in [-0.05, 0) is 72.1 Å². The van der Waals surface area contributed by atoms with E-state index in [4.69, 9.17) is 19.7 Å². The first-order valence-electron chi connectivity index (χ1n) is 9.30. The summed E-state index contributed by atoms with van der Waals surface area (Å²) in [5.41, 5.74) is 1.04. The summed E-state index contributed by atoms with van der Waals surface area (Å²) in [7, 11) is 0. The number of carboxylic acid groups (broad SMARTS) is 2. The van der Waals surface area contributed by atoms with E-state index in [1.165, 1.54) is 24.3 Å². The van der Waals surface area contributed by atoms with Crippen molar-refractivity contribution >= 4 is 11.9 Å². The van der Waals surface area contributed by atoms with E-state index >= 15 is 0 Å². The van der Waals surface area contributed by atoms with Gasteiger partial charge in [-0.25, -0.2) is 9.59 Å². The third kappa shape index (κ3) is 4.97. The van der Waals surface area contributed by atoms with Crippen molar-refractivity contribution in [3.8, 4) is 23.0 Å². The summed E-state index contributed by atoms with van der Waals surface area (Å²) in [5, 5.41) is 18.0. The van der Waals surface area contributed by atoms with Gasteiger partial charge in [0.25, 0.3) is 0 Å². The molecule has 0 saturated heterocycles. The Kier molecular flexibility index (Phi) is 5.78. The van der Waals surface area contributed by atoms with E-state index in [1.807, 2.05) is 26.8 Å². The summed E-state index contributed by atoms with van der Waals surface area (Å²) in [6.45, 7) is 6.15. The van der Waals surface area contributed by atoms with Gasteiger partial charge in [0.2, 0.25) is 0 Å². The van der Waals surface area contributed by atoms with Crippen LogP contribution in [0.5, 0.6) is 23.0 Å². The topological polar surface area (TPSA) is 93.1 Å². The quantitative estimate of drug-likeness (QED) is 0.524. The maximum atomic E-state index is 11.0. The molecular formula is C24H22O6. The van der Waals surface area contributed by atoms with Crippen molar-refractivity contribution < 1.29 is 29.3 Å². The molecule has 0 amide bonds. The maximum absolute atomic E-state index is 11.0. The van der Waals surface area contributed by atoms with Crippen LogP contribution >= 0.6 is 0 Å². The number of ether oxygens (including phenoxy) is 2. The van der Waals surface area contributed by atoms with Crippen molar-refractivity contribution in [2.24, 2.45) is 0 Å². The van der Waals surface area contributed by atoms with Gasteiger partial charge in [0.05, 0.1) is 11.1 Å². The molecule has 0 bridgehead atoms. The van der Waals surface area contributed by atoms with Gasteiger partial charge in [-0.1, -0.05) is 20.8 Å². The first-order valence-corrected chi connectivity index (χ1v) is 9.30. The molecule has 0 aliphatic rings. The van der Waals surface area contributed by atoms with Gasteiger partial charge < -0.3 is 19.7 Å². The predicted molar refractivity (Wildman–Crippen MR) is 112 cm³/mol. The molecule has 0 aromatic heterocycles. The van der Waals surface area contributed by atoms with Crippen LogP contribution in [0.1, 0.15) is 47.1 Å². The van der Waals surface area contributed by atoms with Crippen LogP contribution < -0.4 is 9.47 Å². The first-order chi connectivity index (χ1) is 14.1. The van der Waals surface area contributed by atoms with Gasteiger partial charge in [0.15, 0.2) is 0 Å². The molecule has 0 saturated carbocycles. The van der Waals surface area contributed by atoms with E-state index in [-0.39, 0.29) is 16.5 Å². The van der Waals surface area contributed by atoms with Gasteiger partial charge in [0, 0.05) is 5.56 Å². The molecule has 6 heteroatoms. The summed E-state index contributed by atoms with van der Waals surface area (Å²) in [5.74, 6) is 0.307. The molecular weight excluding hydrogens is 384 g/mol. The third-order valence-corrected chi connectivity index (χ3v) is 4.43. The summed E-state index contributed by atoms with van der Waals surface area (Å²) in [4.78, 5) is 22.0. The predicted octanol–water partition coefficient (Wildman–Crippen LogP) is 5.97. The molecule has 0 fully saturated rings. The Morgan fingerprint density at radius 1 is 0.667 bits per heavy atom. The van der Waals surface area contributed by atoms with Gasteiger partial charge in [-0.15, -0.1) is 0 Å². The second kappa shape index (κ2) is 8.29. The molecule has 0 aliphatic heterocycles. The minimum Gasteiger partial charge on any atom is -0.478 e. The normalized spacial score (nSPS) is 11.0. The van der Waals surface area contributed by atoms with Gasteiger partial charge in [-0.3, -0.25) is 0 Å². The van der Waals surface area contributed by atoms with Crippen LogP contribution in [0.2, 0.25) is 0 Å². The number of aromatic carboxylic acids is 2. The van der Waals surface area contributed by atoms with Crippen LogP contribution in [0, 0.1) is 0 Å². The first kappa shape index (κ1) is 20.9. The van der Waals surface area contributed by atoms with Gasteiger partial charge >= 0.3 is 11.9 Å². The Bertz CT molecular complexity index is 1060. The fourth-order valence-electron chi connectivity index (χ4n) is 2.84. The summed E-state index contributed by atoms with van der Waals surface area (Å²) in [6, 6.07) is 17.8. The van der Waals surface area contributed by atoms with Gasteiger partial charge in [-0.2, -0.15) is 0 Å². The average molecular weight is 406 g/mol. The molecule has 0 atom stereocenters. The number of carboxylic acids is 2. The highest BCUT2D eigenvalue weighted by atomic mass is 16.5. The summed E-state index contributed by atoms with van der Waals surface area (Å²) in [6.07, 6.45) is 0. The Morgan fingerprint density at radius 2 is 1.10 bits per heavy atom. The number of benzene rings is 3. The molecule has 3 aromatic rings. The largest absolute Gasteiger partial charge is 0.478 e. The highest BCUT2D eigenvalue weighted by Crippen LogP contribution is 2.38. The van der Waals surface area contributed by atoms with E-state index in [0.29, 0.717) is 23.0 Å². The van der Waals surface area contributed by atoms with Crippen LogP contribution in [0.15, 0.2) is 66.7 Å². The second-order valence-electron chi connectivity index (χ2n) is 7.77. The lowest BCUT2D eigenvalue weighted by Crippen LogP contribution is -2.12. The van der Waals surface area contributed by atoms with Crippen molar-refractivity contribution in [2.45, 2.75) is 26.2 Å². The average Bonchev–Trinajstić information content (AvgIpc) is 2.69. The molecule has 2 N–H and O–H groups in total. The molecule has 6 nitrogen and oxygen atoms in total.